The Labute approximate surface area is 190 Å². The van der Waals surface area contributed by atoms with Crippen molar-refractivity contribution < 1.29 is 0 Å². The second kappa shape index (κ2) is 7.01. The van der Waals surface area contributed by atoms with Gasteiger partial charge in [-0.1, -0.05) is 84.9 Å². The van der Waals surface area contributed by atoms with Crippen molar-refractivity contribution in [3.05, 3.63) is 114 Å². The first kappa shape index (κ1) is 19.2. The Morgan fingerprint density at radius 3 is 1.84 bits per heavy atom. The lowest BCUT2D eigenvalue weighted by Gasteiger charge is -2.32. The summed E-state index contributed by atoms with van der Waals surface area (Å²) in [6, 6.07) is 34.1. The summed E-state index contributed by atoms with van der Waals surface area (Å²) in [4.78, 5) is 4.78. The highest BCUT2D eigenvalue weighted by atomic mass is 28.3. The number of aromatic nitrogens is 1. The molecule has 0 saturated heterocycles. The van der Waals surface area contributed by atoms with Crippen LogP contribution < -0.4 is 20.7 Å². The number of fused-ring (bicyclic) bond motifs is 5. The molecule has 0 unspecified atom stereocenters. The summed E-state index contributed by atoms with van der Waals surface area (Å²) >= 11 is 0. The van der Waals surface area contributed by atoms with Crippen LogP contribution in [0.1, 0.15) is 16.7 Å². The molecular formula is C30H25NSi. The Balaban J connectivity index is 1.89. The first-order valence-electron chi connectivity index (χ1n) is 11.2. The Hall–Kier alpha value is -3.49. The highest BCUT2D eigenvalue weighted by Gasteiger charge is 2.49. The van der Waals surface area contributed by atoms with E-state index in [1.807, 2.05) is 6.20 Å². The van der Waals surface area contributed by atoms with Crippen LogP contribution in [0.15, 0.2) is 97.2 Å². The molecule has 0 fully saturated rings. The summed E-state index contributed by atoms with van der Waals surface area (Å²) in [6.45, 7) is 6.69. The Kier molecular flexibility index (Phi) is 4.21. The van der Waals surface area contributed by atoms with Gasteiger partial charge in [0.25, 0.3) is 0 Å². The molecule has 0 amide bonds. The number of nitrogens with zero attached hydrogens (tertiary/aromatic N) is 1. The first-order chi connectivity index (χ1) is 15.6. The standard InChI is InChI=1S/C30H25NSi/c1-20-17-26-27(18-21(20)2)32(23-11-6-4-7-12-23,24-13-8-5-9-14-24)28-19-22(3)30-25(29(26)28)15-10-16-31-30/h4-19H,1-3H3. The quantitative estimate of drug-likeness (QED) is 0.370. The molecule has 1 aliphatic rings. The predicted octanol–water partition coefficient (Wildman–Crippen LogP) is 4.52. The lowest BCUT2D eigenvalue weighted by atomic mass is 9.96. The first-order valence-corrected chi connectivity index (χ1v) is 13.2. The summed E-state index contributed by atoms with van der Waals surface area (Å²) in [5.74, 6) is 0. The van der Waals surface area contributed by atoms with Gasteiger partial charge in [0.2, 0.25) is 0 Å². The van der Waals surface area contributed by atoms with Gasteiger partial charge in [0.1, 0.15) is 0 Å². The number of aryl methyl sites for hydroxylation is 3. The van der Waals surface area contributed by atoms with Crippen molar-refractivity contribution in [3.63, 3.8) is 0 Å². The number of hydrogen-bond acceptors (Lipinski definition) is 1. The third kappa shape index (κ3) is 2.47. The van der Waals surface area contributed by atoms with E-state index >= 15 is 0 Å². The average Bonchev–Trinajstić information content (AvgIpc) is 3.10. The van der Waals surface area contributed by atoms with Crippen LogP contribution in [0.25, 0.3) is 22.0 Å². The van der Waals surface area contributed by atoms with Gasteiger partial charge >= 0.3 is 0 Å². The summed E-state index contributed by atoms with van der Waals surface area (Å²) in [6.07, 6.45) is 1.91. The van der Waals surface area contributed by atoms with Crippen LogP contribution in [0.3, 0.4) is 0 Å². The average molecular weight is 428 g/mol. The van der Waals surface area contributed by atoms with Crippen molar-refractivity contribution in [3.8, 4) is 11.1 Å². The van der Waals surface area contributed by atoms with E-state index in [1.165, 1.54) is 54.0 Å². The van der Waals surface area contributed by atoms with Gasteiger partial charge in [-0.15, -0.1) is 0 Å². The molecule has 1 nitrogen and oxygen atoms in total. The van der Waals surface area contributed by atoms with Crippen LogP contribution in [-0.4, -0.2) is 13.1 Å². The van der Waals surface area contributed by atoms with E-state index in [1.54, 1.807) is 0 Å². The lowest BCUT2D eigenvalue weighted by Crippen LogP contribution is -2.72. The zero-order chi connectivity index (χ0) is 21.9. The molecule has 154 valence electrons. The molecule has 0 saturated carbocycles. The lowest BCUT2D eigenvalue weighted by molar-refractivity contribution is 1.35. The van der Waals surface area contributed by atoms with E-state index in [0.29, 0.717) is 0 Å². The summed E-state index contributed by atoms with van der Waals surface area (Å²) < 4.78 is 0. The second-order valence-corrected chi connectivity index (χ2v) is 12.7. The van der Waals surface area contributed by atoms with Gasteiger partial charge in [-0.05, 0) is 75.4 Å². The molecule has 0 N–H and O–H groups in total. The molecule has 2 heteroatoms. The van der Waals surface area contributed by atoms with E-state index in [2.05, 4.69) is 112 Å². The smallest absolute Gasteiger partial charge is 0.180 e. The van der Waals surface area contributed by atoms with E-state index in [4.69, 9.17) is 4.98 Å². The Morgan fingerprint density at radius 2 is 1.19 bits per heavy atom. The largest absolute Gasteiger partial charge is 0.256 e. The highest BCUT2D eigenvalue weighted by Crippen LogP contribution is 2.36. The Morgan fingerprint density at radius 1 is 0.594 bits per heavy atom. The third-order valence-corrected chi connectivity index (χ3v) is 12.0. The van der Waals surface area contributed by atoms with Gasteiger partial charge in [0.05, 0.1) is 5.52 Å². The summed E-state index contributed by atoms with van der Waals surface area (Å²) in [5.41, 5.74) is 7.85. The fourth-order valence-corrected chi connectivity index (χ4v) is 11.0. The number of benzene rings is 4. The maximum Gasteiger partial charge on any atom is 0.180 e. The van der Waals surface area contributed by atoms with Gasteiger partial charge in [-0.2, -0.15) is 0 Å². The van der Waals surface area contributed by atoms with Crippen molar-refractivity contribution in [1.82, 2.24) is 4.98 Å². The minimum Gasteiger partial charge on any atom is -0.256 e. The SMILES string of the molecule is Cc1cc2c(cc1C)[Si](c1ccccc1)(c1ccccc1)c1cc(C)c3ncccc3c1-2. The molecule has 6 rings (SSSR count). The maximum atomic E-state index is 4.78. The summed E-state index contributed by atoms with van der Waals surface area (Å²) in [5, 5.41) is 7.15. The molecule has 32 heavy (non-hydrogen) atoms. The van der Waals surface area contributed by atoms with Crippen molar-refractivity contribution in [2.75, 3.05) is 0 Å². The van der Waals surface area contributed by atoms with Gasteiger partial charge < -0.3 is 0 Å². The van der Waals surface area contributed by atoms with E-state index < -0.39 is 8.07 Å². The maximum absolute atomic E-state index is 4.78. The fraction of sp³-hybridized carbons (Fsp3) is 0.100. The molecule has 5 aromatic rings. The molecule has 0 atom stereocenters. The molecule has 1 aromatic heterocycles. The van der Waals surface area contributed by atoms with Crippen LogP contribution >= 0.6 is 0 Å². The van der Waals surface area contributed by atoms with Crippen molar-refractivity contribution in [2.45, 2.75) is 20.8 Å². The van der Waals surface area contributed by atoms with Crippen LogP contribution in [0.5, 0.6) is 0 Å². The van der Waals surface area contributed by atoms with Crippen molar-refractivity contribution in [2.24, 2.45) is 0 Å². The molecule has 0 spiro atoms. The van der Waals surface area contributed by atoms with Gasteiger partial charge in [-0.25, -0.2) is 0 Å². The van der Waals surface area contributed by atoms with E-state index in [-0.39, 0.29) is 0 Å². The molecule has 0 radical (unpaired) electrons. The van der Waals surface area contributed by atoms with Gasteiger partial charge in [-0.3, -0.25) is 4.98 Å². The highest BCUT2D eigenvalue weighted by molar-refractivity contribution is 7.22. The van der Waals surface area contributed by atoms with Crippen LogP contribution in [-0.2, 0) is 0 Å². The number of pyridine rings is 1. The fourth-order valence-electron chi connectivity index (χ4n) is 5.65. The molecular weight excluding hydrogens is 402 g/mol. The molecule has 0 bridgehead atoms. The minimum atomic E-state index is -2.46. The third-order valence-electron chi connectivity index (χ3n) is 7.21. The van der Waals surface area contributed by atoms with Gasteiger partial charge in [0.15, 0.2) is 8.07 Å². The normalized spacial score (nSPS) is 13.7. The van der Waals surface area contributed by atoms with Crippen molar-refractivity contribution in [1.29, 1.82) is 0 Å². The monoisotopic (exact) mass is 427 g/mol. The summed E-state index contributed by atoms with van der Waals surface area (Å²) in [7, 11) is -2.46. The molecule has 0 aliphatic carbocycles. The predicted molar refractivity (Wildman–Crippen MR) is 139 cm³/mol. The van der Waals surface area contributed by atoms with Crippen molar-refractivity contribution >= 4 is 39.7 Å². The van der Waals surface area contributed by atoms with E-state index in [0.717, 1.165) is 5.52 Å². The second-order valence-electron chi connectivity index (χ2n) is 8.98. The number of hydrogen-bond donors (Lipinski definition) is 0. The Bertz CT molecular complexity index is 1450. The van der Waals surface area contributed by atoms with Crippen LogP contribution in [0, 0.1) is 20.8 Å². The van der Waals surface area contributed by atoms with Crippen LogP contribution in [0.4, 0.5) is 0 Å². The van der Waals surface area contributed by atoms with Gasteiger partial charge in [0, 0.05) is 11.6 Å². The molecule has 4 aromatic carbocycles. The minimum absolute atomic E-state index is 1.11. The topological polar surface area (TPSA) is 12.9 Å². The zero-order valence-electron chi connectivity index (χ0n) is 18.7. The van der Waals surface area contributed by atoms with Crippen LogP contribution in [0.2, 0.25) is 0 Å². The number of rotatable bonds is 2. The molecule has 1 aliphatic heterocycles. The zero-order valence-corrected chi connectivity index (χ0v) is 19.7. The molecule has 2 heterocycles. The van der Waals surface area contributed by atoms with E-state index in [9.17, 15) is 0 Å².